The van der Waals surface area contributed by atoms with Crippen molar-refractivity contribution in [2.45, 2.75) is 0 Å². The molecule has 0 radical (unpaired) electrons. The summed E-state index contributed by atoms with van der Waals surface area (Å²) in [4.78, 5) is 0. The predicted octanol–water partition coefficient (Wildman–Crippen LogP) is -0.0437. The Morgan fingerprint density at radius 3 is 1.18 bits per heavy atom. The molecule has 11 heavy (non-hydrogen) atoms. The molecule has 0 aromatic heterocycles. The molecule has 2 aromatic carbocycles. The van der Waals surface area contributed by atoms with E-state index in [1.165, 1.54) is 10.8 Å². The molecular weight excluding hydrogens is 159 g/mol. The fourth-order valence-corrected chi connectivity index (χ4v) is 1.13. The van der Waals surface area contributed by atoms with E-state index in [4.69, 9.17) is 0 Å². The van der Waals surface area contributed by atoms with Gasteiger partial charge in [-0.2, -0.15) is 0 Å². The van der Waals surface area contributed by atoms with Gasteiger partial charge in [0, 0.05) is 0 Å². The first-order valence-corrected chi connectivity index (χ1v) is 3.40. The first kappa shape index (κ1) is 9.42. The maximum absolute atomic E-state index is 2.12. The summed E-state index contributed by atoms with van der Waals surface area (Å²) in [6, 6.07) is 16.7. The molecule has 0 saturated heterocycles. The Bertz CT molecular complexity index is 281. The molecule has 1 heteroatoms. The van der Waals surface area contributed by atoms with Gasteiger partial charge >= 0.3 is 51.4 Å². The Morgan fingerprint density at radius 2 is 0.909 bits per heavy atom. The third kappa shape index (κ3) is 2.14. The van der Waals surface area contributed by atoms with Crippen molar-refractivity contribution in [3.05, 3.63) is 48.5 Å². The molecule has 0 aliphatic carbocycles. The summed E-state index contributed by atoms with van der Waals surface area (Å²) in [5.74, 6) is 0. The monoisotopic (exact) mass is 168 g/mol. The Labute approximate surface area is 111 Å². The van der Waals surface area contributed by atoms with Crippen molar-refractivity contribution in [2.24, 2.45) is 0 Å². The third-order valence-corrected chi connectivity index (χ3v) is 1.66. The largest absolute Gasteiger partial charge is 1.00 e. The zero-order valence-corrected chi connectivity index (χ0v) is 9.74. The summed E-state index contributed by atoms with van der Waals surface area (Å²) in [6.07, 6.45) is 0. The Balaban J connectivity index is 0.000000605. The number of fused-ring (bicyclic) bond motifs is 1. The van der Waals surface area contributed by atoms with Crippen molar-refractivity contribution in [1.82, 2.24) is 0 Å². The quantitative estimate of drug-likeness (QED) is 0.484. The van der Waals surface area contributed by atoms with E-state index in [1.807, 2.05) is 0 Å². The summed E-state index contributed by atoms with van der Waals surface area (Å²) in [5, 5.41) is 2.62. The smallest absolute Gasteiger partial charge is 1.00 e. The standard InChI is InChI=1S/C10H8.K.H/c1-2-6-10-8-4-3-7-9(10)5-1;;/h1-8H;;/q;+1;-1. The minimum Gasteiger partial charge on any atom is -1.00 e. The van der Waals surface area contributed by atoms with Crippen molar-refractivity contribution >= 4 is 10.8 Å². The fourth-order valence-electron chi connectivity index (χ4n) is 1.13. The third-order valence-electron chi connectivity index (χ3n) is 1.66. The van der Waals surface area contributed by atoms with Gasteiger partial charge in [0.05, 0.1) is 0 Å². The van der Waals surface area contributed by atoms with Crippen LogP contribution in [0.15, 0.2) is 48.5 Å². The Morgan fingerprint density at radius 1 is 0.636 bits per heavy atom. The van der Waals surface area contributed by atoms with Crippen LogP contribution in [0, 0.1) is 0 Å². The van der Waals surface area contributed by atoms with Crippen molar-refractivity contribution in [2.75, 3.05) is 0 Å². The molecule has 0 nitrogen and oxygen atoms in total. The van der Waals surface area contributed by atoms with Gasteiger partial charge in [-0.15, -0.1) is 0 Å². The second-order valence-corrected chi connectivity index (χ2v) is 2.35. The van der Waals surface area contributed by atoms with Gasteiger partial charge in [-0.3, -0.25) is 0 Å². The summed E-state index contributed by atoms with van der Waals surface area (Å²) >= 11 is 0. The van der Waals surface area contributed by atoms with E-state index in [1.54, 1.807) is 0 Å². The molecule has 0 amide bonds. The van der Waals surface area contributed by atoms with Gasteiger partial charge in [-0.1, -0.05) is 48.5 Å². The second kappa shape index (κ2) is 4.38. The van der Waals surface area contributed by atoms with Gasteiger partial charge in [0.15, 0.2) is 0 Å². The Hall–Kier alpha value is 0.336. The topological polar surface area (TPSA) is 0 Å². The van der Waals surface area contributed by atoms with E-state index in [9.17, 15) is 0 Å². The molecule has 0 spiro atoms. The van der Waals surface area contributed by atoms with Crippen LogP contribution in [0.3, 0.4) is 0 Å². The van der Waals surface area contributed by atoms with Crippen molar-refractivity contribution in [1.29, 1.82) is 0 Å². The normalized spacial score (nSPS) is 9.09. The molecular formula is C10H9K. The van der Waals surface area contributed by atoms with Crippen molar-refractivity contribution in [3.8, 4) is 0 Å². The van der Waals surface area contributed by atoms with E-state index >= 15 is 0 Å². The van der Waals surface area contributed by atoms with Gasteiger partial charge < -0.3 is 1.43 Å². The van der Waals surface area contributed by atoms with Gasteiger partial charge in [-0.25, -0.2) is 0 Å². The van der Waals surface area contributed by atoms with Gasteiger partial charge in [0.2, 0.25) is 0 Å². The first-order chi connectivity index (χ1) is 4.97. The second-order valence-electron chi connectivity index (χ2n) is 2.35. The van der Waals surface area contributed by atoms with Crippen LogP contribution in [0.5, 0.6) is 0 Å². The molecule has 50 valence electrons. The fraction of sp³-hybridized carbons (Fsp3) is 0. The average Bonchev–Trinajstić information content (AvgIpc) is 2.05. The Kier molecular flexibility index (Phi) is 3.76. The zero-order chi connectivity index (χ0) is 6.81. The zero-order valence-electron chi connectivity index (χ0n) is 7.62. The molecule has 0 unspecified atom stereocenters. The molecule has 0 aliphatic rings. The van der Waals surface area contributed by atoms with Crippen LogP contribution in [0.1, 0.15) is 1.43 Å². The van der Waals surface area contributed by atoms with Crippen LogP contribution in [-0.4, -0.2) is 0 Å². The minimum atomic E-state index is 0. The summed E-state index contributed by atoms with van der Waals surface area (Å²) in [6.45, 7) is 0. The van der Waals surface area contributed by atoms with E-state index in [2.05, 4.69) is 48.5 Å². The van der Waals surface area contributed by atoms with Crippen molar-refractivity contribution < 1.29 is 52.8 Å². The number of hydrogen-bond acceptors (Lipinski definition) is 0. The van der Waals surface area contributed by atoms with Gasteiger partial charge in [-0.05, 0) is 10.8 Å². The molecule has 0 aliphatic heterocycles. The molecule has 0 atom stereocenters. The molecule has 0 N–H and O–H groups in total. The minimum absolute atomic E-state index is 0. The van der Waals surface area contributed by atoms with Crippen molar-refractivity contribution in [3.63, 3.8) is 0 Å². The van der Waals surface area contributed by atoms with Gasteiger partial charge in [0.1, 0.15) is 0 Å². The summed E-state index contributed by atoms with van der Waals surface area (Å²) < 4.78 is 0. The van der Waals surface area contributed by atoms with E-state index in [0.717, 1.165) is 0 Å². The van der Waals surface area contributed by atoms with E-state index in [0.29, 0.717) is 0 Å². The number of rotatable bonds is 0. The van der Waals surface area contributed by atoms with E-state index < -0.39 is 0 Å². The molecule has 0 saturated carbocycles. The van der Waals surface area contributed by atoms with Crippen LogP contribution in [0.25, 0.3) is 10.8 Å². The average molecular weight is 168 g/mol. The maximum Gasteiger partial charge on any atom is 1.00 e. The molecule has 2 rings (SSSR count). The predicted molar refractivity (Wildman–Crippen MR) is 45.1 cm³/mol. The molecule has 2 aromatic rings. The molecule has 0 fully saturated rings. The molecule has 0 heterocycles. The van der Waals surface area contributed by atoms with Gasteiger partial charge in [0.25, 0.3) is 0 Å². The molecule has 0 bridgehead atoms. The summed E-state index contributed by atoms with van der Waals surface area (Å²) in [7, 11) is 0. The van der Waals surface area contributed by atoms with Crippen LogP contribution < -0.4 is 51.4 Å². The maximum atomic E-state index is 2.12. The van der Waals surface area contributed by atoms with Crippen LogP contribution in [0.2, 0.25) is 0 Å². The van der Waals surface area contributed by atoms with Crippen LogP contribution in [-0.2, 0) is 0 Å². The van der Waals surface area contributed by atoms with E-state index in [-0.39, 0.29) is 52.8 Å². The van der Waals surface area contributed by atoms with Crippen LogP contribution in [0.4, 0.5) is 0 Å². The SMILES string of the molecule is [H-].[K+].c1ccc2ccccc2c1. The number of benzene rings is 2. The first-order valence-electron chi connectivity index (χ1n) is 3.40. The van der Waals surface area contributed by atoms with Crippen LogP contribution >= 0.6 is 0 Å². The number of hydrogen-bond donors (Lipinski definition) is 0. The summed E-state index contributed by atoms with van der Waals surface area (Å²) in [5.41, 5.74) is 0.